The highest BCUT2D eigenvalue weighted by Gasteiger charge is 2.22. The van der Waals surface area contributed by atoms with E-state index in [2.05, 4.69) is 4.99 Å². The first-order valence-electron chi connectivity index (χ1n) is 4.91. The maximum atomic E-state index is 10.1. The summed E-state index contributed by atoms with van der Waals surface area (Å²) in [5, 5.41) is 0.542. The number of aliphatic imine (C=N–C) groups is 1. The van der Waals surface area contributed by atoms with Crippen LogP contribution >= 0.6 is 11.6 Å². The summed E-state index contributed by atoms with van der Waals surface area (Å²) in [4.78, 5) is 13.7. The lowest BCUT2D eigenvalue weighted by molar-refractivity contribution is 0.173. The fourth-order valence-corrected chi connectivity index (χ4v) is 2.04. The van der Waals surface area contributed by atoms with Gasteiger partial charge in [-0.3, -0.25) is 0 Å². The monoisotopic (exact) mass is 239 g/mol. The van der Waals surface area contributed by atoms with Crippen molar-refractivity contribution in [2.45, 2.75) is 19.9 Å². The van der Waals surface area contributed by atoms with Crippen LogP contribution in [0.5, 0.6) is 11.5 Å². The van der Waals surface area contributed by atoms with Crippen LogP contribution in [-0.4, -0.2) is 12.9 Å². The molecule has 1 heterocycles. The summed E-state index contributed by atoms with van der Waals surface area (Å²) in [5.74, 6) is 1.36. The van der Waals surface area contributed by atoms with Crippen molar-refractivity contribution in [2.75, 3.05) is 6.79 Å². The zero-order valence-electron chi connectivity index (χ0n) is 8.75. The Bertz CT molecular complexity index is 467. The summed E-state index contributed by atoms with van der Waals surface area (Å²) in [5.41, 5.74) is 1.75. The molecule has 0 bridgehead atoms. The van der Waals surface area contributed by atoms with Crippen LogP contribution in [0.15, 0.2) is 11.1 Å². The molecule has 84 valence electrons. The molecule has 0 aromatic heterocycles. The number of hydrogen-bond acceptors (Lipinski definition) is 4. The predicted octanol–water partition coefficient (Wildman–Crippen LogP) is 2.47. The van der Waals surface area contributed by atoms with Gasteiger partial charge in [0.05, 0.1) is 6.54 Å². The average molecular weight is 240 g/mol. The molecule has 1 aromatic carbocycles. The Balaban J connectivity index is 2.54. The lowest BCUT2D eigenvalue weighted by atomic mass is 10.0. The molecule has 0 N–H and O–H groups in total. The highest BCUT2D eigenvalue weighted by molar-refractivity contribution is 6.31. The summed E-state index contributed by atoms with van der Waals surface area (Å²) in [6.07, 6.45) is 2.25. The predicted molar refractivity (Wildman–Crippen MR) is 58.8 cm³/mol. The van der Waals surface area contributed by atoms with Gasteiger partial charge < -0.3 is 9.47 Å². The van der Waals surface area contributed by atoms with E-state index in [1.54, 1.807) is 6.07 Å². The van der Waals surface area contributed by atoms with E-state index in [4.69, 9.17) is 21.1 Å². The molecule has 1 aromatic rings. The van der Waals surface area contributed by atoms with Crippen molar-refractivity contribution < 1.29 is 14.3 Å². The fourth-order valence-electron chi connectivity index (χ4n) is 1.77. The van der Waals surface area contributed by atoms with Gasteiger partial charge >= 0.3 is 0 Å². The van der Waals surface area contributed by atoms with E-state index in [0.29, 0.717) is 16.5 Å². The van der Waals surface area contributed by atoms with Gasteiger partial charge in [-0.25, -0.2) is 9.79 Å². The summed E-state index contributed by atoms with van der Waals surface area (Å²) < 4.78 is 10.6. The largest absolute Gasteiger partial charge is 0.454 e. The minimum absolute atomic E-state index is 0.207. The van der Waals surface area contributed by atoms with Crippen LogP contribution in [0.1, 0.15) is 18.1 Å². The molecule has 0 radical (unpaired) electrons. The first-order valence-corrected chi connectivity index (χ1v) is 5.29. The van der Waals surface area contributed by atoms with Gasteiger partial charge in [-0.05, 0) is 6.42 Å². The van der Waals surface area contributed by atoms with Gasteiger partial charge in [0.25, 0.3) is 0 Å². The third-order valence-corrected chi connectivity index (χ3v) is 2.82. The van der Waals surface area contributed by atoms with Crippen LogP contribution in [0.25, 0.3) is 0 Å². The lowest BCUT2D eigenvalue weighted by Gasteiger charge is -2.10. The standard InChI is InChI=1S/C11H10ClNO3/c1-2-7-8(4-13-5-14)9(12)3-10-11(7)16-6-15-10/h3H,2,4,6H2,1H3. The fraction of sp³-hybridized carbons (Fsp3) is 0.364. The minimum Gasteiger partial charge on any atom is -0.454 e. The van der Waals surface area contributed by atoms with Crippen molar-refractivity contribution in [2.24, 2.45) is 4.99 Å². The van der Waals surface area contributed by atoms with Gasteiger partial charge in [-0.1, -0.05) is 18.5 Å². The second-order valence-corrected chi connectivity index (χ2v) is 3.72. The molecule has 1 aliphatic heterocycles. The molecular formula is C11H10ClNO3. The third kappa shape index (κ3) is 1.77. The highest BCUT2D eigenvalue weighted by Crippen LogP contribution is 2.41. The maximum absolute atomic E-state index is 10.1. The Morgan fingerprint density at radius 2 is 2.31 bits per heavy atom. The van der Waals surface area contributed by atoms with Crippen molar-refractivity contribution in [1.82, 2.24) is 0 Å². The summed E-state index contributed by atoms with van der Waals surface area (Å²) in [6.45, 7) is 2.42. The second kappa shape index (κ2) is 4.56. The van der Waals surface area contributed by atoms with Gasteiger partial charge in [0.1, 0.15) is 0 Å². The molecule has 0 saturated carbocycles. The Morgan fingerprint density at radius 1 is 1.50 bits per heavy atom. The summed E-state index contributed by atoms with van der Waals surface area (Å²) >= 11 is 6.10. The van der Waals surface area contributed by atoms with E-state index in [-0.39, 0.29) is 13.3 Å². The summed E-state index contributed by atoms with van der Waals surface area (Å²) in [7, 11) is 0. The molecule has 0 atom stereocenters. The Labute approximate surface area is 97.8 Å². The van der Waals surface area contributed by atoms with Crippen LogP contribution in [0, 0.1) is 0 Å². The van der Waals surface area contributed by atoms with Gasteiger partial charge in [0, 0.05) is 22.2 Å². The van der Waals surface area contributed by atoms with Crippen molar-refractivity contribution in [3.05, 3.63) is 22.2 Å². The van der Waals surface area contributed by atoms with E-state index in [9.17, 15) is 4.79 Å². The lowest BCUT2D eigenvalue weighted by Crippen LogP contribution is -1.97. The van der Waals surface area contributed by atoms with Gasteiger partial charge in [-0.2, -0.15) is 0 Å². The average Bonchev–Trinajstić information content (AvgIpc) is 2.73. The number of benzene rings is 1. The normalized spacial score (nSPS) is 12.4. The number of isocyanates is 1. The zero-order chi connectivity index (χ0) is 11.5. The van der Waals surface area contributed by atoms with Crippen molar-refractivity contribution in [3.63, 3.8) is 0 Å². The van der Waals surface area contributed by atoms with Crippen LogP contribution < -0.4 is 9.47 Å². The number of carbonyl (C=O) groups excluding carboxylic acids is 1. The Morgan fingerprint density at radius 3 is 3.00 bits per heavy atom. The first kappa shape index (κ1) is 11.0. The molecular weight excluding hydrogens is 230 g/mol. The van der Waals surface area contributed by atoms with Crippen molar-refractivity contribution in [3.8, 4) is 11.5 Å². The molecule has 0 unspecified atom stereocenters. The molecule has 0 spiro atoms. The number of hydrogen-bond donors (Lipinski definition) is 0. The van der Waals surface area contributed by atoms with Gasteiger partial charge in [0.2, 0.25) is 12.9 Å². The minimum atomic E-state index is 0.207. The molecule has 1 aliphatic rings. The molecule has 0 amide bonds. The Hall–Kier alpha value is -1.51. The van der Waals surface area contributed by atoms with Crippen LogP contribution in [-0.2, 0) is 17.8 Å². The van der Waals surface area contributed by atoms with Crippen LogP contribution in [0.2, 0.25) is 5.02 Å². The third-order valence-electron chi connectivity index (χ3n) is 2.48. The van der Waals surface area contributed by atoms with Crippen LogP contribution in [0.3, 0.4) is 0 Å². The molecule has 4 nitrogen and oxygen atoms in total. The number of rotatable bonds is 3. The summed E-state index contributed by atoms with van der Waals surface area (Å²) in [6, 6.07) is 1.69. The first-order chi connectivity index (χ1) is 7.77. The molecule has 2 rings (SSSR count). The molecule has 0 aliphatic carbocycles. The van der Waals surface area contributed by atoms with Crippen LogP contribution in [0.4, 0.5) is 0 Å². The molecule has 0 fully saturated rings. The number of halogens is 1. The van der Waals surface area contributed by atoms with Gasteiger partial charge in [0.15, 0.2) is 11.5 Å². The molecule has 16 heavy (non-hydrogen) atoms. The number of fused-ring (bicyclic) bond motifs is 1. The van der Waals surface area contributed by atoms with Gasteiger partial charge in [-0.15, -0.1) is 0 Å². The zero-order valence-corrected chi connectivity index (χ0v) is 9.50. The SMILES string of the molecule is CCc1c(CN=C=O)c(Cl)cc2c1OCO2. The van der Waals surface area contributed by atoms with E-state index in [1.807, 2.05) is 6.92 Å². The van der Waals surface area contributed by atoms with Crippen molar-refractivity contribution >= 4 is 17.7 Å². The maximum Gasteiger partial charge on any atom is 0.235 e. The Kier molecular flexibility index (Phi) is 3.13. The van der Waals surface area contributed by atoms with E-state index >= 15 is 0 Å². The number of nitrogens with zero attached hydrogens (tertiary/aromatic N) is 1. The van der Waals surface area contributed by atoms with E-state index in [1.165, 1.54) is 6.08 Å². The quantitative estimate of drug-likeness (QED) is 0.601. The molecule has 0 saturated heterocycles. The molecule has 5 heteroatoms. The van der Waals surface area contributed by atoms with E-state index in [0.717, 1.165) is 17.5 Å². The second-order valence-electron chi connectivity index (χ2n) is 3.31. The number of ether oxygens (including phenoxy) is 2. The van der Waals surface area contributed by atoms with E-state index < -0.39 is 0 Å². The smallest absolute Gasteiger partial charge is 0.235 e. The highest BCUT2D eigenvalue weighted by atomic mass is 35.5. The topological polar surface area (TPSA) is 47.9 Å². The van der Waals surface area contributed by atoms with Crippen molar-refractivity contribution in [1.29, 1.82) is 0 Å².